The predicted octanol–water partition coefficient (Wildman–Crippen LogP) is 3.02. The van der Waals surface area contributed by atoms with E-state index in [-0.39, 0.29) is 11.4 Å². The first-order valence-corrected chi connectivity index (χ1v) is 7.67. The summed E-state index contributed by atoms with van der Waals surface area (Å²) in [5.41, 5.74) is 1.32. The van der Waals surface area contributed by atoms with Crippen LogP contribution in [0.3, 0.4) is 0 Å². The van der Waals surface area contributed by atoms with Gasteiger partial charge in [-0.2, -0.15) is 0 Å². The van der Waals surface area contributed by atoms with Gasteiger partial charge in [0.25, 0.3) is 5.69 Å². The standard InChI is InChI=1S/C17H17FN4O4/c1-21-9-19-17(11-7-15(25-2)16(26-3)8-14(11)21)20-13-5-4-10(22(23)24)6-12(13)18/h4-8H,9H2,1-3H3,(H,19,20). The van der Waals surface area contributed by atoms with E-state index in [1.165, 1.54) is 19.2 Å². The molecule has 26 heavy (non-hydrogen) atoms. The van der Waals surface area contributed by atoms with E-state index in [9.17, 15) is 14.5 Å². The molecule has 0 saturated heterocycles. The van der Waals surface area contributed by atoms with Gasteiger partial charge in [-0.15, -0.1) is 0 Å². The lowest BCUT2D eigenvalue weighted by molar-refractivity contribution is -0.385. The molecule has 0 fully saturated rings. The third kappa shape index (κ3) is 3.10. The number of fused-ring (bicyclic) bond motifs is 1. The van der Waals surface area contributed by atoms with E-state index in [0.29, 0.717) is 29.6 Å². The maximum absolute atomic E-state index is 14.2. The summed E-state index contributed by atoms with van der Waals surface area (Å²) in [5.74, 6) is 0.788. The molecule has 3 rings (SSSR count). The van der Waals surface area contributed by atoms with Crippen LogP contribution in [0.2, 0.25) is 0 Å². The Hall–Kier alpha value is -3.36. The van der Waals surface area contributed by atoms with Crippen molar-refractivity contribution in [1.82, 2.24) is 0 Å². The van der Waals surface area contributed by atoms with Crippen molar-refractivity contribution in [2.75, 3.05) is 38.2 Å². The summed E-state index contributed by atoms with van der Waals surface area (Å²) < 4.78 is 24.9. The van der Waals surface area contributed by atoms with Crippen LogP contribution in [0.1, 0.15) is 5.56 Å². The van der Waals surface area contributed by atoms with Crippen LogP contribution in [0, 0.1) is 15.9 Å². The monoisotopic (exact) mass is 360 g/mol. The molecule has 0 amide bonds. The Morgan fingerprint density at radius 3 is 2.54 bits per heavy atom. The summed E-state index contributed by atoms with van der Waals surface area (Å²) in [6.45, 7) is 0.361. The molecule has 0 aliphatic carbocycles. The minimum absolute atomic E-state index is 0.0969. The second-order valence-electron chi connectivity index (χ2n) is 5.62. The molecular formula is C17H17FN4O4. The van der Waals surface area contributed by atoms with E-state index in [0.717, 1.165) is 11.8 Å². The molecule has 0 radical (unpaired) electrons. The van der Waals surface area contributed by atoms with Gasteiger partial charge in [0, 0.05) is 24.7 Å². The van der Waals surface area contributed by atoms with Gasteiger partial charge in [-0.25, -0.2) is 9.38 Å². The van der Waals surface area contributed by atoms with E-state index < -0.39 is 10.7 Å². The predicted molar refractivity (Wildman–Crippen MR) is 96.0 cm³/mol. The second kappa shape index (κ2) is 6.87. The minimum Gasteiger partial charge on any atom is -0.493 e. The molecule has 0 unspecified atom stereocenters. The van der Waals surface area contributed by atoms with Gasteiger partial charge in [0.2, 0.25) is 0 Å². The highest BCUT2D eigenvalue weighted by atomic mass is 19.1. The van der Waals surface area contributed by atoms with Crippen LogP contribution in [0.15, 0.2) is 35.3 Å². The lowest BCUT2D eigenvalue weighted by atomic mass is 10.1. The van der Waals surface area contributed by atoms with Gasteiger partial charge in [-0.05, 0) is 12.1 Å². The highest BCUT2D eigenvalue weighted by molar-refractivity contribution is 6.13. The van der Waals surface area contributed by atoms with E-state index in [4.69, 9.17) is 9.47 Å². The van der Waals surface area contributed by atoms with Gasteiger partial charge < -0.3 is 19.7 Å². The summed E-state index contributed by atoms with van der Waals surface area (Å²) >= 11 is 0. The maximum Gasteiger partial charge on any atom is 0.272 e. The quantitative estimate of drug-likeness (QED) is 0.666. The van der Waals surface area contributed by atoms with Gasteiger partial charge in [0.05, 0.1) is 36.6 Å². The average Bonchev–Trinajstić information content (AvgIpc) is 2.64. The van der Waals surface area contributed by atoms with Gasteiger partial charge in [0.1, 0.15) is 12.5 Å². The van der Waals surface area contributed by atoms with Crippen LogP contribution in [-0.4, -0.2) is 38.7 Å². The fraction of sp³-hybridized carbons (Fsp3) is 0.235. The third-order valence-corrected chi connectivity index (χ3v) is 4.03. The molecule has 1 heterocycles. The average molecular weight is 360 g/mol. The smallest absolute Gasteiger partial charge is 0.272 e. The lowest BCUT2D eigenvalue weighted by Gasteiger charge is -2.28. The summed E-state index contributed by atoms with van der Waals surface area (Å²) in [5, 5.41) is 13.7. The first-order valence-electron chi connectivity index (χ1n) is 7.67. The van der Waals surface area contributed by atoms with E-state index >= 15 is 0 Å². The summed E-state index contributed by atoms with van der Waals surface area (Å²) in [7, 11) is 4.95. The number of nitrogens with one attached hydrogen (secondary N) is 1. The van der Waals surface area contributed by atoms with Crippen LogP contribution in [0.25, 0.3) is 0 Å². The Balaban J connectivity index is 1.99. The first kappa shape index (κ1) is 17.5. The number of nitro benzene ring substituents is 1. The van der Waals surface area contributed by atoms with Crippen LogP contribution in [-0.2, 0) is 0 Å². The summed E-state index contributed by atoms with van der Waals surface area (Å²) in [4.78, 5) is 16.4. The van der Waals surface area contributed by atoms with Crippen LogP contribution >= 0.6 is 0 Å². The molecule has 0 bridgehead atoms. The van der Waals surface area contributed by atoms with Crippen LogP contribution in [0.4, 0.5) is 21.5 Å². The number of nitro groups is 1. The van der Waals surface area contributed by atoms with Gasteiger partial charge in [-0.3, -0.25) is 10.1 Å². The Bertz CT molecular complexity index is 901. The molecule has 0 saturated carbocycles. The Morgan fingerprint density at radius 1 is 1.23 bits per heavy atom. The number of ether oxygens (including phenoxy) is 2. The van der Waals surface area contributed by atoms with E-state index in [2.05, 4.69) is 10.3 Å². The topological polar surface area (TPSA) is 89.2 Å². The molecule has 136 valence electrons. The zero-order chi connectivity index (χ0) is 18.8. The first-order chi connectivity index (χ1) is 12.4. The van der Waals surface area contributed by atoms with Crippen molar-refractivity contribution >= 4 is 22.9 Å². The largest absolute Gasteiger partial charge is 0.493 e. The highest BCUT2D eigenvalue weighted by Crippen LogP contribution is 2.37. The van der Waals surface area contributed by atoms with Crippen molar-refractivity contribution < 1.29 is 18.8 Å². The molecule has 2 aromatic rings. The van der Waals surface area contributed by atoms with Gasteiger partial charge in [0.15, 0.2) is 17.3 Å². The SMILES string of the molecule is COc1cc2c(cc1OC)N(C)CN=C2Nc1ccc([N+](=O)[O-])cc1F. The van der Waals surface area contributed by atoms with Crippen LogP contribution < -0.4 is 19.7 Å². The molecule has 0 spiro atoms. The zero-order valence-electron chi connectivity index (χ0n) is 14.4. The number of hydrogen-bond acceptors (Lipinski definition) is 7. The minimum atomic E-state index is -0.733. The molecule has 2 aromatic carbocycles. The molecular weight excluding hydrogens is 343 g/mol. The zero-order valence-corrected chi connectivity index (χ0v) is 14.4. The highest BCUT2D eigenvalue weighted by Gasteiger charge is 2.22. The number of nitrogens with zero attached hydrogens (tertiary/aromatic N) is 3. The number of hydrogen-bond donors (Lipinski definition) is 1. The lowest BCUT2D eigenvalue weighted by Crippen LogP contribution is -2.29. The molecule has 1 aliphatic heterocycles. The van der Waals surface area contributed by atoms with Crippen molar-refractivity contribution in [2.45, 2.75) is 0 Å². The Morgan fingerprint density at radius 2 is 1.92 bits per heavy atom. The Kier molecular flexibility index (Phi) is 4.61. The number of methoxy groups -OCH3 is 2. The number of amidine groups is 1. The number of rotatable bonds is 4. The fourth-order valence-corrected chi connectivity index (χ4v) is 2.67. The number of benzene rings is 2. The fourth-order valence-electron chi connectivity index (χ4n) is 2.67. The third-order valence-electron chi connectivity index (χ3n) is 4.03. The van der Waals surface area contributed by atoms with Crippen molar-refractivity contribution in [3.8, 4) is 11.5 Å². The van der Waals surface area contributed by atoms with Crippen LogP contribution in [0.5, 0.6) is 11.5 Å². The molecule has 9 heteroatoms. The number of aliphatic imine (C=N–C) groups is 1. The van der Waals surface area contributed by atoms with E-state index in [1.54, 1.807) is 13.2 Å². The molecule has 0 atom stereocenters. The number of halogens is 1. The number of non-ortho nitro benzene ring substituents is 1. The summed E-state index contributed by atoms with van der Waals surface area (Å²) in [6.07, 6.45) is 0. The molecule has 1 aliphatic rings. The van der Waals surface area contributed by atoms with Gasteiger partial charge in [-0.1, -0.05) is 0 Å². The normalized spacial score (nSPS) is 12.9. The second-order valence-corrected chi connectivity index (χ2v) is 5.62. The maximum atomic E-state index is 14.2. The molecule has 0 aromatic heterocycles. The van der Waals surface area contributed by atoms with E-state index in [1.807, 2.05) is 18.0 Å². The van der Waals surface area contributed by atoms with Crippen molar-refractivity contribution in [1.29, 1.82) is 0 Å². The Labute approximate surface area is 149 Å². The van der Waals surface area contributed by atoms with Crippen molar-refractivity contribution in [2.24, 2.45) is 4.99 Å². The van der Waals surface area contributed by atoms with Crippen molar-refractivity contribution in [3.05, 3.63) is 51.8 Å². The van der Waals surface area contributed by atoms with Gasteiger partial charge >= 0.3 is 0 Å². The molecule has 1 N–H and O–H groups in total. The number of anilines is 2. The molecule has 8 nitrogen and oxygen atoms in total. The summed E-state index contributed by atoms with van der Waals surface area (Å²) in [6, 6.07) is 6.98. The van der Waals surface area contributed by atoms with Crippen molar-refractivity contribution in [3.63, 3.8) is 0 Å².